The van der Waals surface area contributed by atoms with E-state index in [4.69, 9.17) is 4.42 Å². The minimum Gasteiger partial charge on any atom is -0.464 e. The lowest BCUT2D eigenvalue weighted by Gasteiger charge is -2.17. The molecule has 1 saturated carbocycles. The van der Waals surface area contributed by atoms with Crippen LogP contribution in [0.4, 0.5) is 4.39 Å². The van der Waals surface area contributed by atoms with Gasteiger partial charge in [-0.15, -0.1) is 0 Å². The van der Waals surface area contributed by atoms with E-state index in [0.29, 0.717) is 6.54 Å². The molecule has 2 N–H and O–H groups in total. The van der Waals surface area contributed by atoms with Crippen LogP contribution in [0.5, 0.6) is 0 Å². The molecule has 128 valence electrons. The number of nitrogens with zero attached hydrogens (tertiary/aromatic N) is 1. The van der Waals surface area contributed by atoms with Crippen molar-refractivity contribution < 1.29 is 8.81 Å². The number of halogens is 1. The van der Waals surface area contributed by atoms with Crippen LogP contribution >= 0.6 is 0 Å². The summed E-state index contributed by atoms with van der Waals surface area (Å²) in [6.45, 7) is 6.63. The maximum absolute atomic E-state index is 13.9. The molecule has 1 fully saturated rings. The highest BCUT2D eigenvalue weighted by molar-refractivity contribution is 5.81. The molecule has 0 saturated heterocycles. The summed E-state index contributed by atoms with van der Waals surface area (Å²) in [6, 6.07) is 11.1. The number of hydrogen-bond acceptors (Lipinski definition) is 2. The van der Waals surface area contributed by atoms with Crippen LogP contribution in [-0.2, 0) is 0 Å². The molecular formula is C19H24FN3O. The van der Waals surface area contributed by atoms with Crippen molar-refractivity contribution in [3.05, 3.63) is 59.3 Å². The van der Waals surface area contributed by atoms with Crippen LogP contribution in [0.1, 0.15) is 49.3 Å². The van der Waals surface area contributed by atoms with E-state index in [0.717, 1.165) is 29.5 Å². The van der Waals surface area contributed by atoms with Gasteiger partial charge in [-0.25, -0.2) is 4.39 Å². The first-order valence-corrected chi connectivity index (χ1v) is 8.46. The normalized spacial score (nSPS) is 21.4. The maximum Gasteiger partial charge on any atom is 0.192 e. The van der Waals surface area contributed by atoms with E-state index in [1.165, 1.54) is 6.07 Å². The van der Waals surface area contributed by atoms with Crippen LogP contribution in [-0.4, -0.2) is 18.5 Å². The first-order valence-electron chi connectivity index (χ1n) is 8.46. The number of hydrogen-bond donors (Lipinski definition) is 2. The Morgan fingerprint density at radius 3 is 2.79 bits per heavy atom. The molecule has 0 radical (unpaired) electrons. The first kappa shape index (κ1) is 16.6. The van der Waals surface area contributed by atoms with Crippen LogP contribution in [0.15, 0.2) is 45.8 Å². The summed E-state index contributed by atoms with van der Waals surface area (Å²) < 4.78 is 19.5. The zero-order valence-electron chi connectivity index (χ0n) is 14.3. The van der Waals surface area contributed by atoms with Crippen LogP contribution in [0.2, 0.25) is 0 Å². The molecule has 1 aromatic heterocycles. The van der Waals surface area contributed by atoms with Gasteiger partial charge >= 0.3 is 0 Å². The monoisotopic (exact) mass is 329 g/mol. The van der Waals surface area contributed by atoms with Gasteiger partial charge in [0.2, 0.25) is 0 Å². The summed E-state index contributed by atoms with van der Waals surface area (Å²) in [5.74, 6) is 2.58. The predicted octanol–water partition coefficient (Wildman–Crippen LogP) is 3.90. The molecule has 0 bridgehead atoms. The lowest BCUT2D eigenvalue weighted by Crippen LogP contribution is -2.40. The molecule has 0 spiro atoms. The van der Waals surface area contributed by atoms with E-state index >= 15 is 0 Å². The lowest BCUT2D eigenvalue weighted by molar-refractivity contribution is 0.441. The molecule has 1 aromatic carbocycles. The van der Waals surface area contributed by atoms with Crippen molar-refractivity contribution in [2.24, 2.45) is 4.99 Å². The van der Waals surface area contributed by atoms with Crippen molar-refractivity contribution in [3.8, 4) is 0 Å². The van der Waals surface area contributed by atoms with Crippen LogP contribution < -0.4 is 10.6 Å². The summed E-state index contributed by atoms with van der Waals surface area (Å²) in [7, 11) is 0. The highest BCUT2D eigenvalue weighted by Crippen LogP contribution is 2.41. The number of nitrogens with one attached hydrogen (secondary N) is 2. The fourth-order valence-corrected chi connectivity index (χ4v) is 2.90. The highest BCUT2D eigenvalue weighted by atomic mass is 19.1. The number of benzene rings is 1. The minimum atomic E-state index is -0.131. The summed E-state index contributed by atoms with van der Waals surface area (Å²) in [6.07, 6.45) is 0.916. The Balaban J connectivity index is 1.62. The third kappa shape index (κ3) is 3.78. The second kappa shape index (κ2) is 7.07. The Morgan fingerprint density at radius 2 is 2.12 bits per heavy atom. The largest absolute Gasteiger partial charge is 0.464 e. The predicted molar refractivity (Wildman–Crippen MR) is 93.7 cm³/mol. The van der Waals surface area contributed by atoms with Gasteiger partial charge in [-0.1, -0.05) is 18.2 Å². The van der Waals surface area contributed by atoms with Crippen LogP contribution in [0.25, 0.3) is 0 Å². The zero-order chi connectivity index (χ0) is 17.1. The van der Waals surface area contributed by atoms with Gasteiger partial charge < -0.3 is 15.1 Å². The highest BCUT2D eigenvalue weighted by Gasteiger charge is 2.40. The van der Waals surface area contributed by atoms with E-state index in [9.17, 15) is 4.39 Å². The quantitative estimate of drug-likeness (QED) is 0.646. The fraction of sp³-hybridized carbons (Fsp3) is 0.421. The number of guanidine groups is 1. The molecule has 5 heteroatoms. The Labute approximate surface area is 142 Å². The zero-order valence-corrected chi connectivity index (χ0v) is 14.3. The first-order chi connectivity index (χ1) is 11.6. The molecule has 1 aliphatic carbocycles. The molecule has 3 unspecified atom stereocenters. The average Bonchev–Trinajstić information content (AvgIpc) is 3.16. The molecule has 0 aliphatic heterocycles. The van der Waals surface area contributed by atoms with Crippen molar-refractivity contribution in [3.63, 3.8) is 0 Å². The average molecular weight is 329 g/mol. The molecule has 3 atom stereocenters. The molecular weight excluding hydrogens is 305 g/mol. The van der Waals surface area contributed by atoms with Crippen LogP contribution in [0, 0.1) is 12.7 Å². The molecule has 4 nitrogen and oxygen atoms in total. The van der Waals surface area contributed by atoms with Gasteiger partial charge in [-0.2, -0.15) is 0 Å². The van der Waals surface area contributed by atoms with Gasteiger partial charge in [0.15, 0.2) is 5.96 Å². The summed E-state index contributed by atoms with van der Waals surface area (Å²) >= 11 is 0. The van der Waals surface area contributed by atoms with Gasteiger partial charge in [0.1, 0.15) is 17.3 Å². The third-order valence-corrected chi connectivity index (χ3v) is 4.27. The minimum absolute atomic E-state index is 0.0159. The second-order valence-electron chi connectivity index (χ2n) is 6.25. The third-order valence-electron chi connectivity index (χ3n) is 4.27. The standard InChI is InChI=1S/C19H24FN3O/c1-4-21-19(22-13(3)18-10-9-12(2)24-18)23-17-11-15(17)14-7-5-6-8-16(14)20/h5-10,13,15,17H,4,11H2,1-3H3,(H2,21,22,23). The van der Waals surface area contributed by atoms with E-state index in [-0.39, 0.29) is 23.8 Å². The van der Waals surface area contributed by atoms with Gasteiger partial charge in [-0.3, -0.25) is 4.99 Å². The van der Waals surface area contributed by atoms with Gasteiger partial charge in [0.25, 0.3) is 0 Å². The fourth-order valence-electron chi connectivity index (χ4n) is 2.90. The Bertz CT molecular complexity index is 725. The van der Waals surface area contributed by atoms with Crippen LogP contribution in [0.3, 0.4) is 0 Å². The van der Waals surface area contributed by atoms with Crippen molar-refractivity contribution in [2.45, 2.75) is 45.2 Å². The van der Waals surface area contributed by atoms with Crippen molar-refractivity contribution >= 4 is 5.96 Å². The molecule has 1 heterocycles. The lowest BCUT2D eigenvalue weighted by atomic mass is 10.1. The SMILES string of the molecule is CCN=C(NC(C)c1ccc(C)o1)NC1CC1c1ccccc1F. The Kier molecular flexibility index (Phi) is 4.88. The molecule has 3 rings (SSSR count). The molecule has 24 heavy (non-hydrogen) atoms. The number of aryl methyl sites for hydroxylation is 1. The summed E-state index contributed by atoms with van der Waals surface area (Å²) in [5, 5.41) is 6.76. The number of furan rings is 1. The van der Waals surface area contributed by atoms with Gasteiger partial charge in [-0.05, 0) is 51.0 Å². The second-order valence-corrected chi connectivity index (χ2v) is 6.25. The van der Waals surface area contributed by atoms with E-state index in [2.05, 4.69) is 15.6 Å². The van der Waals surface area contributed by atoms with E-state index < -0.39 is 0 Å². The molecule has 1 aliphatic rings. The summed E-state index contributed by atoms with van der Waals surface area (Å²) in [4.78, 5) is 4.49. The van der Waals surface area contributed by atoms with Crippen molar-refractivity contribution in [1.29, 1.82) is 0 Å². The van der Waals surface area contributed by atoms with Gasteiger partial charge in [0.05, 0.1) is 6.04 Å². The van der Waals surface area contributed by atoms with E-state index in [1.807, 2.05) is 45.0 Å². The number of rotatable bonds is 5. The van der Waals surface area contributed by atoms with E-state index in [1.54, 1.807) is 6.07 Å². The van der Waals surface area contributed by atoms with Gasteiger partial charge in [0, 0.05) is 18.5 Å². The molecule has 2 aromatic rings. The smallest absolute Gasteiger partial charge is 0.192 e. The number of aliphatic imine (C=N–C) groups is 1. The molecule has 0 amide bonds. The van der Waals surface area contributed by atoms with Crippen molar-refractivity contribution in [1.82, 2.24) is 10.6 Å². The Hall–Kier alpha value is -2.30. The Morgan fingerprint density at radius 1 is 1.33 bits per heavy atom. The maximum atomic E-state index is 13.9. The summed E-state index contributed by atoms with van der Waals surface area (Å²) in [5.41, 5.74) is 0.778. The van der Waals surface area contributed by atoms with Crippen molar-refractivity contribution in [2.75, 3.05) is 6.54 Å². The topological polar surface area (TPSA) is 49.6 Å².